The fourth-order valence-corrected chi connectivity index (χ4v) is 3.05. The first-order valence-corrected chi connectivity index (χ1v) is 8.06. The maximum absolute atomic E-state index is 12.1. The van der Waals surface area contributed by atoms with Gasteiger partial charge >= 0.3 is 0 Å². The predicted octanol–water partition coefficient (Wildman–Crippen LogP) is 0.0765. The maximum Gasteiger partial charge on any atom is 0.251 e. The van der Waals surface area contributed by atoms with Crippen molar-refractivity contribution in [1.29, 1.82) is 0 Å². The molecule has 6 nitrogen and oxygen atoms in total. The maximum atomic E-state index is 12.1. The number of likely N-dealkylation sites (N-methyl/N-ethyl adjacent to an activating group) is 1. The molecule has 7 heteroatoms. The van der Waals surface area contributed by atoms with Crippen molar-refractivity contribution in [3.05, 3.63) is 29.8 Å². The molecule has 2 rings (SSSR count). The molecular weight excluding hydrogens is 278 g/mol. The molecule has 0 heterocycles. The van der Waals surface area contributed by atoms with E-state index < -0.39 is 10.0 Å². The zero-order valence-corrected chi connectivity index (χ0v) is 12.2. The smallest absolute Gasteiger partial charge is 0.251 e. The normalized spacial score (nSPS) is 15.1. The van der Waals surface area contributed by atoms with E-state index in [1.807, 2.05) is 0 Å². The van der Waals surface area contributed by atoms with Crippen molar-refractivity contribution in [3.8, 4) is 0 Å². The minimum Gasteiger partial charge on any atom is -0.351 e. The van der Waals surface area contributed by atoms with Crippen LogP contribution in [0.4, 0.5) is 0 Å². The van der Waals surface area contributed by atoms with E-state index in [4.69, 9.17) is 0 Å². The van der Waals surface area contributed by atoms with Crippen LogP contribution in [-0.2, 0) is 10.0 Å². The highest BCUT2D eigenvalue weighted by Crippen LogP contribution is 2.22. The zero-order chi connectivity index (χ0) is 14.6. The van der Waals surface area contributed by atoms with Gasteiger partial charge in [-0.15, -0.1) is 0 Å². The van der Waals surface area contributed by atoms with Gasteiger partial charge in [0.15, 0.2) is 0 Å². The number of hydrogen-bond donors (Lipinski definition) is 3. The standard InChI is InChI=1S/C13H19N3O3S/c1-14-7-8-15-13(17)10-3-2-4-12(9-10)20(18,19)16-11-5-6-11/h2-4,9,11,14,16H,5-8H2,1H3,(H,15,17). The van der Waals surface area contributed by atoms with Crippen LogP contribution in [0.5, 0.6) is 0 Å². The average Bonchev–Trinajstić information content (AvgIpc) is 3.22. The second kappa shape index (κ2) is 6.34. The Morgan fingerprint density at radius 1 is 1.30 bits per heavy atom. The van der Waals surface area contributed by atoms with Crippen LogP contribution in [0.1, 0.15) is 23.2 Å². The summed E-state index contributed by atoms with van der Waals surface area (Å²) in [7, 11) is -1.73. The van der Waals surface area contributed by atoms with Crippen LogP contribution in [0.2, 0.25) is 0 Å². The van der Waals surface area contributed by atoms with E-state index in [2.05, 4.69) is 15.4 Å². The number of hydrogen-bond acceptors (Lipinski definition) is 4. The molecule has 1 saturated carbocycles. The van der Waals surface area contributed by atoms with Crippen LogP contribution in [0.3, 0.4) is 0 Å². The molecule has 1 aliphatic rings. The van der Waals surface area contributed by atoms with Gasteiger partial charge in [-0.25, -0.2) is 13.1 Å². The molecule has 1 aromatic rings. The first kappa shape index (κ1) is 15.0. The average molecular weight is 297 g/mol. The van der Waals surface area contributed by atoms with Crippen molar-refractivity contribution in [2.75, 3.05) is 20.1 Å². The Morgan fingerprint density at radius 3 is 2.70 bits per heavy atom. The Labute approximate surface area is 119 Å². The Bertz CT molecular complexity index is 582. The number of carbonyl (C=O) groups excluding carboxylic acids is 1. The minimum absolute atomic E-state index is 0.0492. The molecule has 3 N–H and O–H groups in total. The second-order valence-electron chi connectivity index (χ2n) is 4.78. The quantitative estimate of drug-likeness (QED) is 0.622. The summed E-state index contributed by atoms with van der Waals surface area (Å²) in [6.07, 6.45) is 1.76. The molecule has 1 aromatic carbocycles. The molecule has 0 radical (unpaired) electrons. The zero-order valence-electron chi connectivity index (χ0n) is 11.3. The second-order valence-corrected chi connectivity index (χ2v) is 6.50. The third-order valence-electron chi connectivity index (χ3n) is 2.97. The molecule has 0 atom stereocenters. The molecule has 1 fully saturated rings. The molecule has 0 spiro atoms. The Balaban J connectivity index is 2.08. The molecule has 0 saturated heterocycles. The van der Waals surface area contributed by atoms with Crippen molar-refractivity contribution in [3.63, 3.8) is 0 Å². The van der Waals surface area contributed by atoms with Gasteiger partial charge in [0.05, 0.1) is 4.90 Å². The third-order valence-corrected chi connectivity index (χ3v) is 4.48. The van der Waals surface area contributed by atoms with Gasteiger partial charge in [0, 0.05) is 24.7 Å². The monoisotopic (exact) mass is 297 g/mol. The number of sulfonamides is 1. The highest BCUT2D eigenvalue weighted by Gasteiger charge is 2.28. The van der Waals surface area contributed by atoms with Gasteiger partial charge in [0.25, 0.3) is 5.91 Å². The molecule has 110 valence electrons. The van der Waals surface area contributed by atoms with Gasteiger partial charge in [-0.1, -0.05) is 6.07 Å². The number of nitrogens with one attached hydrogen (secondary N) is 3. The van der Waals surface area contributed by atoms with Gasteiger partial charge in [0.2, 0.25) is 10.0 Å². The lowest BCUT2D eigenvalue weighted by Crippen LogP contribution is -2.31. The van der Waals surface area contributed by atoms with Crippen LogP contribution >= 0.6 is 0 Å². The third kappa shape index (κ3) is 4.03. The van der Waals surface area contributed by atoms with Crippen molar-refractivity contribution in [2.45, 2.75) is 23.8 Å². The lowest BCUT2D eigenvalue weighted by Gasteiger charge is -2.08. The summed E-state index contributed by atoms with van der Waals surface area (Å²) in [5.41, 5.74) is 0.347. The molecule has 0 aromatic heterocycles. The Hall–Kier alpha value is -1.44. The molecule has 1 aliphatic carbocycles. The van der Waals surface area contributed by atoms with Gasteiger partial charge in [-0.05, 0) is 38.1 Å². The van der Waals surface area contributed by atoms with Crippen LogP contribution in [0.25, 0.3) is 0 Å². The molecule has 0 bridgehead atoms. The van der Waals surface area contributed by atoms with Crippen LogP contribution in [0.15, 0.2) is 29.2 Å². The number of carbonyl (C=O) groups is 1. The van der Waals surface area contributed by atoms with E-state index in [-0.39, 0.29) is 16.8 Å². The molecule has 1 amide bonds. The minimum atomic E-state index is -3.52. The van der Waals surface area contributed by atoms with Crippen LogP contribution < -0.4 is 15.4 Å². The summed E-state index contributed by atoms with van der Waals surface area (Å²) in [5.74, 6) is -0.274. The summed E-state index contributed by atoms with van der Waals surface area (Å²) < 4.78 is 26.7. The van der Waals surface area contributed by atoms with Gasteiger partial charge < -0.3 is 10.6 Å². The molecule has 20 heavy (non-hydrogen) atoms. The van der Waals surface area contributed by atoms with Crippen LogP contribution in [0, 0.1) is 0 Å². The fourth-order valence-electron chi connectivity index (χ4n) is 1.70. The van der Waals surface area contributed by atoms with Gasteiger partial charge in [-0.2, -0.15) is 0 Å². The van der Waals surface area contributed by atoms with Crippen molar-refractivity contribution in [1.82, 2.24) is 15.4 Å². The number of benzene rings is 1. The SMILES string of the molecule is CNCCNC(=O)c1cccc(S(=O)(=O)NC2CC2)c1. The largest absolute Gasteiger partial charge is 0.351 e. The van der Waals surface area contributed by atoms with E-state index >= 15 is 0 Å². The first-order chi connectivity index (χ1) is 9.53. The summed E-state index contributed by atoms with van der Waals surface area (Å²) in [4.78, 5) is 12.0. The lowest BCUT2D eigenvalue weighted by molar-refractivity contribution is 0.0954. The van der Waals surface area contributed by atoms with E-state index in [1.54, 1.807) is 19.2 Å². The molecular formula is C13H19N3O3S. The summed E-state index contributed by atoms with van der Waals surface area (Å²) in [6, 6.07) is 6.13. The van der Waals surface area contributed by atoms with E-state index in [9.17, 15) is 13.2 Å². The van der Waals surface area contributed by atoms with Gasteiger partial charge in [-0.3, -0.25) is 4.79 Å². The molecule has 0 aliphatic heterocycles. The van der Waals surface area contributed by atoms with Crippen molar-refractivity contribution < 1.29 is 13.2 Å². The van der Waals surface area contributed by atoms with Gasteiger partial charge in [0.1, 0.15) is 0 Å². The van der Waals surface area contributed by atoms with Crippen molar-refractivity contribution in [2.24, 2.45) is 0 Å². The Morgan fingerprint density at radius 2 is 2.05 bits per heavy atom. The predicted molar refractivity (Wildman–Crippen MR) is 76.0 cm³/mol. The van der Waals surface area contributed by atoms with E-state index in [0.29, 0.717) is 18.7 Å². The van der Waals surface area contributed by atoms with Crippen molar-refractivity contribution >= 4 is 15.9 Å². The number of amides is 1. The number of rotatable bonds is 7. The fraction of sp³-hybridized carbons (Fsp3) is 0.462. The summed E-state index contributed by atoms with van der Waals surface area (Å²) >= 11 is 0. The molecule has 0 unspecified atom stereocenters. The topological polar surface area (TPSA) is 87.3 Å². The van der Waals surface area contributed by atoms with Crippen LogP contribution in [-0.4, -0.2) is 40.5 Å². The Kier molecular flexibility index (Phi) is 4.74. The highest BCUT2D eigenvalue weighted by atomic mass is 32.2. The lowest BCUT2D eigenvalue weighted by atomic mass is 10.2. The highest BCUT2D eigenvalue weighted by molar-refractivity contribution is 7.89. The summed E-state index contributed by atoms with van der Waals surface area (Å²) in [5, 5.41) is 5.63. The first-order valence-electron chi connectivity index (χ1n) is 6.58. The summed E-state index contributed by atoms with van der Waals surface area (Å²) in [6.45, 7) is 1.15. The van der Waals surface area contributed by atoms with E-state index in [1.165, 1.54) is 12.1 Å². The van der Waals surface area contributed by atoms with E-state index in [0.717, 1.165) is 12.8 Å².